The van der Waals surface area contributed by atoms with Crippen LogP contribution in [0.2, 0.25) is 0 Å². The van der Waals surface area contributed by atoms with Crippen molar-refractivity contribution in [1.82, 2.24) is 5.32 Å². The standard InChI is InChI=1S/C16H32NO8P/c1-12(17-8)23-11-26(20,24-9-21-13(18)15(2,3)4)25-10-22-14(19)16(5,6)7/h12,17H,9-11H2,1-8H3. The van der Waals surface area contributed by atoms with Gasteiger partial charge in [-0.3, -0.25) is 28.5 Å². The normalized spacial score (nSPS) is 14.0. The quantitative estimate of drug-likeness (QED) is 0.338. The molecule has 0 aromatic rings. The first-order valence-electron chi connectivity index (χ1n) is 8.23. The van der Waals surface area contributed by atoms with Crippen LogP contribution < -0.4 is 5.32 Å². The summed E-state index contributed by atoms with van der Waals surface area (Å²) in [5, 5.41) is 2.80. The fourth-order valence-corrected chi connectivity index (χ4v) is 2.21. The first-order valence-corrected chi connectivity index (χ1v) is 9.95. The summed E-state index contributed by atoms with van der Waals surface area (Å²) in [5.41, 5.74) is -1.46. The molecular weight excluding hydrogens is 365 g/mol. The molecule has 26 heavy (non-hydrogen) atoms. The van der Waals surface area contributed by atoms with Gasteiger partial charge in [0.25, 0.3) is 0 Å². The molecule has 0 saturated heterocycles. The van der Waals surface area contributed by atoms with Crippen molar-refractivity contribution in [3.8, 4) is 0 Å². The monoisotopic (exact) mass is 397 g/mol. The molecule has 0 aliphatic carbocycles. The summed E-state index contributed by atoms with van der Waals surface area (Å²) < 4.78 is 38.1. The van der Waals surface area contributed by atoms with E-state index in [2.05, 4.69) is 5.32 Å². The van der Waals surface area contributed by atoms with Crippen LogP contribution in [0, 0.1) is 10.8 Å². The second-order valence-corrected chi connectivity index (χ2v) is 9.69. The zero-order chi connectivity index (χ0) is 20.6. The van der Waals surface area contributed by atoms with Gasteiger partial charge in [-0.1, -0.05) is 0 Å². The summed E-state index contributed by atoms with van der Waals surface area (Å²) >= 11 is 0. The Morgan fingerprint density at radius 3 is 1.62 bits per heavy atom. The van der Waals surface area contributed by atoms with Gasteiger partial charge in [0, 0.05) is 0 Å². The molecule has 0 saturated carbocycles. The van der Waals surface area contributed by atoms with Crippen LogP contribution in [0.3, 0.4) is 0 Å². The molecule has 0 amide bonds. The number of hydrogen-bond donors (Lipinski definition) is 1. The minimum absolute atomic E-state index is 0.408. The summed E-state index contributed by atoms with van der Waals surface area (Å²) in [6.45, 7) is 10.6. The van der Waals surface area contributed by atoms with Gasteiger partial charge in [0.05, 0.1) is 10.8 Å². The maximum atomic E-state index is 12.7. The number of carbonyl (C=O) groups excluding carboxylic acids is 2. The lowest BCUT2D eigenvalue weighted by Crippen LogP contribution is -2.27. The van der Waals surface area contributed by atoms with Crippen LogP contribution in [-0.4, -0.2) is 45.1 Å². The minimum atomic E-state index is -3.82. The molecule has 154 valence electrons. The highest BCUT2D eigenvalue weighted by Gasteiger charge is 2.30. The number of carbonyl (C=O) groups is 2. The van der Waals surface area contributed by atoms with Crippen molar-refractivity contribution in [2.24, 2.45) is 10.8 Å². The van der Waals surface area contributed by atoms with Gasteiger partial charge in [-0.2, -0.15) is 0 Å². The number of rotatable bonds is 10. The van der Waals surface area contributed by atoms with E-state index < -0.39 is 56.5 Å². The zero-order valence-electron chi connectivity index (χ0n) is 16.9. The fraction of sp³-hybridized carbons (Fsp3) is 0.875. The van der Waals surface area contributed by atoms with E-state index in [-0.39, 0.29) is 0 Å². The highest BCUT2D eigenvalue weighted by Crippen LogP contribution is 2.48. The molecular formula is C16H32NO8P. The summed E-state index contributed by atoms with van der Waals surface area (Å²) in [6, 6.07) is 0. The van der Waals surface area contributed by atoms with Gasteiger partial charge in [-0.15, -0.1) is 0 Å². The first kappa shape index (κ1) is 25.0. The van der Waals surface area contributed by atoms with E-state index in [4.69, 9.17) is 23.3 Å². The molecule has 0 radical (unpaired) electrons. The highest BCUT2D eigenvalue weighted by molar-refractivity contribution is 7.53. The predicted octanol–water partition coefficient (Wildman–Crippen LogP) is 2.85. The molecule has 10 heteroatoms. The van der Waals surface area contributed by atoms with Crippen molar-refractivity contribution in [3.63, 3.8) is 0 Å². The molecule has 1 N–H and O–H groups in total. The zero-order valence-corrected chi connectivity index (χ0v) is 17.8. The van der Waals surface area contributed by atoms with Crippen LogP contribution in [0.15, 0.2) is 0 Å². The van der Waals surface area contributed by atoms with E-state index >= 15 is 0 Å². The lowest BCUT2D eigenvalue weighted by atomic mass is 9.98. The SMILES string of the molecule is CNC(C)OCP(=O)(OCOC(=O)C(C)(C)C)OCOC(=O)C(C)(C)C. The number of ether oxygens (including phenoxy) is 3. The van der Waals surface area contributed by atoms with Crippen LogP contribution in [0.25, 0.3) is 0 Å². The van der Waals surface area contributed by atoms with Crippen molar-refractivity contribution in [2.45, 2.75) is 54.7 Å². The molecule has 0 fully saturated rings. The Morgan fingerprint density at radius 2 is 1.31 bits per heavy atom. The maximum absolute atomic E-state index is 12.7. The molecule has 0 rings (SSSR count). The Balaban J connectivity index is 4.72. The fourth-order valence-electron chi connectivity index (χ4n) is 1.15. The van der Waals surface area contributed by atoms with Crippen LogP contribution in [0.5, 0.6) is 0 Å². The van der Waals surface area contributed by atoms with Gasteiger partial charge >= 0.3 is 19.5 Å². The number of nitrogens with one attached hydrogen (secondary N) is 1. The van der Waals surface area contributed by atoms with Gasteiger partial charge < -0.3 is 14.2 Å². The summed E-state index contributed by atoms with van der Waals surface area (Å²) in [5.74, 6) is -1.04. The Labute approximate surface area is 155 Å². The summed E-state index contributed by atoms with van der Waals surface area (Å²) in [7, 11) is -2.16. The second kappa shape index (κ2) is 10.4. The van der Waals surface area contributed by atoms with Crippen molar-refractivity contribution in [1.29, 1.82) is 0 Å². The first-order chi connectivity index (χ1) is 11.7. The van der Waals surface area contributed by atoms with Gasteiger partial charge in [0.1, 0.15) is 6.23 Å². The van der Waals surface area contributed by atoms with Crippen LogP contribution in [0.4, 0.5) is 0 Å². The average Bonchev–Trinajstić information content (AvgIpc) is 2.50. The van der Waals surface area contributed by atoms with Gasteiger partial charge in [0.2, 0.25) is 13.6 Å². The molecule has 1 unspecified atom stereocenters. The van der Waals surface area contributed by atoms with E-state index in [1.807, 2.05) is 0 Å². The second-order valence-electron chi connectivity index (χ2n) is 7.70. The van der Waals surface area contributed by atoms with E-state index in [1.165, 1.54) is 0 Å². The molecule has 0 aliphatic rings. The third-order valence-electron chi connectivity index (χ3n) is 2.99. The smallest absolute Gasteiger partial charge is 0.361 e. The molecule has 0 spiro atoms. The van der Waals surface area contributed by atoms with Crippen LogP contribution in [0.1, 0.15) is 48.5 Å². The molecule has 1 atom stereocenters. The Kier molecular flexibility index (Phi) is 9.98. The van der Waals surface area contributed by atoms with E-state index in [9.17, 15) is 14.2 Å². The topological polar surface area (TPSA) is 109 Å². The van der Waals surface area contributed by atoms with Gasteiger partial charge in [-0.25, -0.2) is 0 Å². The Hall–Kier alpha value is -0.990. The lowest BCUT2D eigenvalue weighted by molar-refractivity contribution is -0.162. The largest absolute Gasteiger partial charge is 0.438 e. The van der Waals surface area contributed by atoms with Crippen molar-refractivity contribution < 1.29 is 37.4 Å². The van der Waals surface area contributed by atoms with Crippen molar-refractivity contribution in [3.05, 3.63) is 0 Å². The highest BCUT2D eigenvalue weighted by atomic mass is 31.2. The Bertz CT molecular complexity index is 473. The Morgan fingerprint density at radius 1 is 0.923 bits per heavy atom. The van der Waals surface area contributed by atoms with E-state index in [1.54, 1.807) is 55.5 Å². The molecule has 0 aromatic heterocycles. The molecule has 0 aliphatic heterocycles. The summed E-state index contributed by atoms with van der Waals surface area (Å²) in [6.07, 6.45) is -0.820. The maximum Gasteiger partial charge on any atom is 0.361 e. The minimum Gasteiger partial charge on any atom is -0.438 e. The molecule has 9 nitrogen and oxygen atoms in total. The molecule has 0 aromatic carbocycles. The summed E-state index contributed by atoms with van der Waals surface area (Å²) in [4.78, 5) is 23.5. The van der Waals surface area contributed by atoms with Gasteiger partial charge in [-0.05, 0) is 55.5 Å². The van der Waals surface area contributed by atoms with E-state index in [0.717, 1.165) is 0 Å². The lowest BCUT2D eigenvalue weighted by Gasteiger charge is -2.23. The van der Waals surface area contributed by atoms with Gasteiger partial charge in [0.15, 0.2) is 6.35 Å². The van der Waals surface area contributed by atoms with Crippen LogP contribution in [-0.2, 0) is 37.4 Å². The van der Waals surface area contributed by atoms with Crippen molar-refractivity contribution >= 4 is 19.5 Å². The van der Waals surface area contributed by atoms with Crippen molar-refractivity contribution in [2.75, 3.05) is 27.0 Å². The van der Waals surface area contributed by atoms with Crippen LogP contribution >= 0.6 is 7.60 Å². The molecule has 0 bridgehead atoms. The number of hydrogen-bond acceptors (Lipinski definition) is 9. The average molecular weight is 397 g/mol. The number of esters is 2. The molecule has 0 heterocycles. The third kappa shape index (κ3) is 10.2. The third-order valence-corrected chi connectivity index (χ3v) is 4.46. The predicted molar refractivity (Wildman–Crippen MR) is 95.1 cm³/mol. The van der Waals surface area contributed by atoms with E-state index in [0.29, 0.717) is 0 Å².